The Hall–Kier alpha value is -1.84. The first kappa shape index (κ1) is 14.6. The number of aliphatic carboxylic acids is 1. The van der Waals surface area contributed by atoms with Gasteiger partial charge in [-0.25, -0.2) is 0 Å². The second-order valence-electron chi connectivity index (χ2n) is 5.31. The Labute approximate surface area is 119 Å². The predicted octanol–water partition coefficient (Wildman–Crippen LogP) is 2.55. The molecule has 0 spiro atoms. The second-order valence-corrected chi connectivity index (χ2v) is 5.31. The molecule has 1 amide bonds. The molecular weight excluding hydrogens is 254 g/mol. The Morgan fingerprint density at radius 3 is 2.90 bits per heavy atom. The van der Waals surface area contributed by atoms with Crippen molar-refractivity contribution in [2.45, 2.75) is 44.9 Å². The number of carbonyl (C=O) groups excluding carboxylic acids is 1. The molecule has 0 aromatic heterocycles. The minimum absolute atomic E-state index is 0.0326. The van der Waals surface area contributed by atoms with Crippen molar-refractivity contribution in [2.24, 2.45) is 0 Å². The van der Waals surface area contributed by atoms with Crippen molar-refractivity contribution in [1.82, 2.24) is 5.32 Å². The highest BCUT2D eigenvalue weighted by Gasteiger charge is 2.15. The second kappa shape index (κ2) is 7.08. The summed E-state index contributed by atoms with van der Waals surface area (Å²) < 4.78 is 0. The van der Waals surface area contributed by atoms with E-state index in [1.807, 2.05) is 6.07 Å². The van der Waals surface area contributed by atoms with E-state index in [4.69, 9.17) is 5.11 Å². The molecule has 0 aliphatic carbocycles. The van der Waals surface area contributed by atoms with Gasteiger partial charge in [-0.05, 0) is 49.3 Å². The van der Waals surface area contributed by atoms with Gasteiger partial charge in [0.25, 0.3) is 5.91 Å². The van der Waals surface area contributed by atoms with Crippen LogP contribution in [0.25, 0.3) is 0 Å². The minimum Gasteiger partial charge on any atom is -0.481 e. The Bertz CT molecular complexity index is 496. The zero-order valence-electron chi connectivity index (χ0n) is 11.7. The summed E-state index contributed by atoms with van der Waals surface area (Å²) in [5.41, 5.74) is 3.11. The van der Waals surface area contributed by atoms with Gasteiger partial charge in [0, 0.05) is 18.5 Å². The molecule has 1 aromatic carbocycles. The molecule has 2 N–H and O–H groups in total. The first-order valence-electron chi connectivity index (χ1n) is 7.28. The van der Waals surface area contributed by atoms with Crippen molar-refractivity contribution < 1.29 is 14.7 Å². The Morgan fingerprint density at radius 1 is 1.25 bits per heavy atom. The quantitative estimate of drug-likeness (QED) is 0.784. The fourth-order valence-electron chi connectivity index (χ4n) is 2.57. The Kier molecular flexibility index (Phi) is 5.16. The van der Waals surface area contributed by atoms with E-state index >= 15 is 0 Å². The first-order valence-corrected chi connectivity index (χ1v) is 7.28. The third-order valence-corrected chi connectivity index (χ3v) is 3.68. The van der Waals surface area contributed by atoms with Gasteiger partial charge < -0.3 is 10.4 Å². The molecule has 2 rings (SSSR count). The van der Waals surface area contributed by atoms with Crippen LogP contribution in [-0.4, -0.2) is 23.5 Å². The number of benzene rings is 1. The standard InChI is InChI=1S/C16H21NO3/c18-15(19)7-3-1-2-5-12-8-9-13-6-4-10-17-16(20)14(13)11-12/h8-9,11H,1-7,10H2,(H,17,20)(H,18,19). The highest BCUT2D eigenvalue weighted by atomic mass is 16.4. The number of hydrogen-bond acceptors (Lipinski definition) is 2. The fraction of sp³-hybridized carbons (Fsp3) is 0.500. The molecule has 20 heavy (non-hydrogen) atoms. The smallest absolute Gasteiger partial charge is 0.303 e. The average molecular weight is 275 g/mol. The van der Waals surface area contributed by atoms with Gasteiger partial charge in [-0.1, -0.05) is 18.6 Å². The summed E-state index contributed by atoms with van der Waals surface area (Å²) in [6.45, 7) is 0.748. The number of unbranched alkanes of at least 4 members (excludes halogenated alkanes) is 2. The van der Waals surface area contributed by atoms with E-state index in [0.717, 1.165) is 61.8 Å². The molecule has 108 valence electrons. The lowest BCUT2D eigenvalue weighted by Crippen LogP contribution is -2.22. The van der Waals surface area contributed by atoms with Crippen LogP contribution in [0.15, 0.2) is 18.2 Å². The Balaban J connectivity index is 1.90. The van der Waals surface area contributed by atoms with Gasteiger partial charge in [-0.15, -0.1) is 0 Å². The summed E-state index contributed by atoms with van der Waals surface area (Å²) in [4.78, 5) is 22.3. The SMILES string of the molecule is O=C(O)CCCCCc1ccc2c(c1)C(=O)NCCC2. The van der Waals surface area contributed by atoms with Crippen molar-refractivity contribution in [3.8, 4) is 0 Å². The summed E-state index contributed by atoms with van der Waals surface area (Å²) in [5, 5.41) is 11.5. The molecular formula is C16H21NO3. The van der Waals surface area contributed by atoms with Crippen LogP contribution in [0.5, 0.6) is 0 Å². The van der Waals surface area contributed by atoms with E-state index in [9.17, 15) is 9.59 Å². The van der Waals surface area contributed by atoms with Crippen LogP contribution in [-0.2, 0) is 17.6 Å². The number of carboxylic acids is 1. The van der Waals surface area contributed by atoms with E-state index < -0.39 is 5.97 Å². The van der Waals surface area contributed by atoms with Crippen molar-refractivity contribution in [3.63, 3.8) is 0 Å². The van der Waals surface area contributed by atoms with E-state index in [0.29, 0.717) is 0 Å². The van der Waals surface area contributed by atoms with Gasteiger partial charge in [0.15, 0.2) is 0 Å². The van der Waals surface area contributed by atoms with Crippen LogP contribution >= 0.6 is 0 Å². The molecule has 0 atom stereocenters. The molecule has 0 bridgehead atoms. The lowest BCUT2D eigenvalue weighted by Gasteiger charge is -2.08. The summed E-state index contributed by atoms with van der Waals surface area (Å²) in [7, 11) is 0. The summed E-state index contributed by atoms with van der Waals surface area (Å²) in [6, 6.07) is 6.15. The number of nitrogens with one attached hydrogen (secondary N) is 1. The van der Waals surface area contributed by atoms with E-state index in [1.54, 1.807) is 0 Å². The molecule has 0 fully saturated rings. The molecule has 0 saturated heterocycles. The van der Waals surface area contributed by atoms with Crippen LogP contribution in [0.3, 0.4) is 0 Å². The lowest BCUT2D eigenvalue weighted by atomic mass is 9.98. The number of carboxylic acid groups (broad SMARTS) is 1. The number of carbonyl (C=O) groups is 2. The normalized spacial score (nSPS) is 14.3. The number of amides is 1. The fourth-order valence-corrected chi connectivity index (χ4v) is 2.57. The maximum Gasteiger partial charge on any atom is 0.303 e. The molecule has 1 heterocycles. The molecule has 0 radical (unpaired) electrons. The molecule has 4 heteroatoms. The highest BCUT2D eigenvalue weighted by molar-refractivity contribution is 5.96. The summed E-state index contributed by atoms with van der Waals surface area (Å²) in [5.74, 6) is -0.697. The average Bonchev–Trinajstić information content (AvgIpc) is 2.60. The first-order chi connectivity index (χ1) is 9.66. The molecule has 1 aromatic rings. The molecule has 1 aliphatic heterocycles. The van der Waals surface area contributed by atoms with Crippen molar-refractivity contribution in [2.75, 3.05) is 6.54 Å². The van der Waals surface area contributed by atoms with Crippen LogP contribution in [0, 0.1) is 0 Å². The lowest BCUT2D eigenvalue weighted by molar-refractivity contribution is -0.137. The minimum atomic E-state index is -0.730. The summed E-state index contributed by atoms with van der Waals surface area (Å²) >= 11 is 0. The Morgan fingerprint density at radius 2 is 2.10 bits per heavy atom. The molecule has 0 saturated carbocycles. The van der Waals surface area contributed by atoms with Crippen LogP contribution in [0.1, 0.15) is 53.6 Å². The third kappa shape index (κ3) is 4.08. The van der Waals surface area contributed by atoms with E-state index in [2.05, 4.69) is 17.4 Å². The number of fused-ring (bicyclic) bond motifs is 1. The maximum atomic E-state index is 11.9. The topological polar surface area (TPSA) is 66.4 Å². The molecule has 1 aliphatic rings. The predicted molar refractivity (Wildman–Crippen MR) is 76.9 cm³/mol. The highest BCUT2D eigenvalue weighted by Crippen LogP contribution is 2.18. The van der Waals surface area contributed by atoms with Gasteiger partial charge in [0.1, 0.15) is 0 Å². The van der Waals surface area contributed by atoms with E-state index in [-0.39, 0.29) is 12.3 Å². The monoisotopic (exact) mass is 275 g/mol. The zero-order chi connectivity index (χ0) is 14.4. The van der Waals surface area contributed by atoms with E-state index in [1.165, 1.54) is 0 Å². The number of rotatable bonds is 6. The van der Waals surface area contributed by atoms with Crippen LogP contribution in [0.2, 0.25) is 0 Å². The molecule has 0 unspecified atom stereocenters. The van der Waals surface area contributed by atoms with Gasteiger partial charge in [-0.3, -0.25) is 9.59 Å². The van der Waals surface area contributed by atoms with Gasteiger partial charge in [0.2, 0.25) is 0 Å². The van der Waals surface area contributed by atoms with Crippen molar-refractivity contribution in [3.05, 3.63) is 34.9 Å². The number of hydrogen-bond donors (Lipinski definition) is 2. The largest absolute Gasteiger partial charge is 0.481 e. The van der Waals surface area contributed by atoms with Crippen molar-refractivity contribution in [1.29, 1.82) is 0 Å². The number of aryl methyl sites for hydroxylation is 2. The third-order valence-electron chi connectivity index (χ3n) is 3.68. The molecule has 4 nitrogen and oxygen atoms in total. The van der Waals surface area contributed by atoms with Crippen LogP contribution in [0.4, 0.5) is 0 Å². The maximum absolute atomic E-state index is 11.9. The zero-order valence-corrected chi connectivity index (χ0v) is 11.7. The van der Waals surface area contributed by atoms with Gasteiger partial charge >= 0.3 is 5.97 Å². The summed E-state index contributed by atoms with van der Waals surface area (Å²) in [6.07, 6.45) is 5.69. The van der Waals surface area contributed by atoms with Crippen LogP contribution < -0.4 is 5.32 Å². The van der Waals surface area contributed by atoms with Crippen molar-refractivity contribution >= 4 is 11.9 Å². The van der Waals surface area contributed by atoms with Gasteiger partial charge in [0.05, 0.1) is 0 Å². The van der Waals surface area contributed by atoms with Gasteiger partial charge in [-0.2, -0.15) is 0 Å².